The van der Waals surface area contributed by atoms with E-state index in [4.69, 9.17) is 4.42 Å². The molecular formula is C16H17NO3. The van der Waals surface area contributed by atoms with Gasteiger partial charge in [-0.15, -0.1) is 0 Å². The molecule has 20 heavy (non-hydrogen) atoms. The second-order valence-corrected chi connectivity index (χ2v) is 6.10. The quantitative estimate of drug-likeness (QED) is 0.866. The molecule has 1 aliphatic carbocycles. The molecule has 4 rings (SSSR count). The molecule has 104 valence electrons. The zero-order chi connectivity index (χ0) is 13.9. The molecule has 4 heteroatoms. The number of fused-ring (bicyclic) bond motifs is 2. The third-order valence-corrected chi connectivity index (χ3v) is 4.73. The fourth-order valence-electron chi connectivity index (χ4n) is 3.25. The molecule has 2 aromatic rings. The molecule has 1 aromatic heterocycles. The lowest BCUT2D eigenvalue weighted by Gasteiger charge is -2.28. The van der Waals surface area contributed by atoms with Crippen molar-refractivity contribution in [2.75, 3.05) is 13.1 Å². The summed E-state index contributed by atoms with van der Waals surface area (Å²) in [5, 5.41) is 11.0. The smallest absolute Gasteiger partial charge is 0.289 e. The molecule has 4 nitrogen and oxygen atoms in total. The number of likely N-dealkylation sites (tertiary alicyclic amines) is 1. The molecule has 2 atom stereocenters. The summed E-state index contributed by atoms with van der Waals surface area (Å²) in [5.41, 5.74) is 1.38. The summed E-state index contributed by atoms with van der Waals surface area (Å²) in [6, 6.07) is 7.66. The van der Waals surface area contributed by atoms with Gasteiger partial charge < -0.3 is 14.4 Å². The Labute approximate surface area is 117 Å². The lowest BCUT2D eigenvalue weighted by atomic mass is 10.1. The molecule has 2 aliphatic rings. The van der Waals surface area contributed by atoms with Gasteiger partial charge in [0.15, 0.2) is 5.76 Å². The lowest BCUT2D eigenvalue weighted by Crippen LogP contribution is -2.41. The highest BCUT2D eigenvalue weighted by Gasteiger charge is 2.56. The first-order chi connectivity index (χ1) is 9.57. The summed E-state index contributed by atoms with van der Waals surface area (Å²) >= 11 is 0. The minimum atomic E-state index is -0.485. The van der Waals surface area contributed by atoms with Crippen LogP contribution in [0.3, 0.4) is 0 Å². The minimum absolute atomic E-state index is 0.0606. The number of hydrogen-bond donors (Lipinski definition) is 1. The van der Waals surface area contributed by atoms with E-state index in [-0.39, 0.29) is 11.8 Å². The molecule has 1 aliphatic heterocycles. The van der Waals surface area contributed by atoms with Crippen molar-refractivity contribution >= 4 is 16.9 Å². The third kappa shape index (κ3) is 1.68. The van der Waals surface area contributed by atoms with E-state index in [2.05, 4.69) is 0 Å². The van der Waals surface area contributed by atoms with E-state index < -0.39 is 5.60 Å². The number of aryl methyl sites for hydroxylation is 1. The zero-order valence-corrected chi connectivity index (χ0v) is 11.4. The van der Waals surface area contributed by atoms with Crippen molar-refractivity contribution in [2.24, 2.45) is 5.92 Å². The molecular weight excluding hydrogens is 254 g/mol. The maximum Gasteiger partial charge on any atom is 0.289 e. The van der Waals surface area contributed by atoms with E-state index in [1.54, 1.807) is 4.90 Å². The van der Waals surface area contributed by atoms with Crippen LogP contribution in [0.25, 0.3) is 11.0 Å². The molecule has 0 spiro atoms. The van der Waals surface area contributed by atoms with E-state index >= 15 is 0 Å². The second-order valence-electron chi connectivity index (χ2n) is 6.10. The van der Waals surface area contributed by atoms with Gasteiger partial charge in [-0.3, -0.25) is 4.79 Å². The predicted octanol–water partition coefficient (Wildman–Crippen LogP) is 2.34. The summed E-state index contributed by atoms with van der Waals surface area (Å²) < 4.78 is 5.68. The highest BCUT2D eigenvalue weighted by atomic mass is 16.3. The Hall–Kier alpha value is -1.81. The molecule has 1 saturated carbocycles. The largest absolute Gasteiger partial charge is 0.451 e. The van der Waals surface area contributed by atoms with Crippen LogP contribution in [0.4, 0.5) is 0 Å². The van der Waals surface area contributed by atoms with Crippen LogP contribution < -0.4 is 0 Å². The molecule has 1 aromatic carbocycles. The highest BCUT2D eigenvalue weighted by molar-refractivity contribution is 5.97. The van der Waals surface area contributed by atoms with Gasteiger partial charge in [-0.2, -0.15) is 0 Å². The number of nitrogens with zero attached hydrogens (tertiary/aromatic N) is 1. The molecule has 1 amide bonds. The maximum atomic E-state index is 12.5. The molecule has 1 N–H and O–H groups in total. The Morgan fingerprint density at radius 1 is 1.50 bits per heavy atom. The number of aliphatic hydroxyl groups is 1. The van der Waals surface area contributed by atoms with Crippen LogP contribution in [0.1, 0.15) is 29.0 Å². The average molecular weight is 271 g/mol. The number of piperidine rings is 1. The summed E-state index contributed by atoms with van der Waals surface area (Å²) in [7, 11) is 0. The maximum absolute atomic E-state index is 12.5. The number of rotatable bonds is 1. The first-order valence-corrected chi connectivity index (χ1v) is 7.08. The number of carbonyl (C=O) groups is 1. The van der Waals surface area contributed by atoms with Crippen molar-refractivity contribution in [1.29, 1.82) is 0 Å². The second kappa shape index (κ2) is 3.85. The van der Waals surface area contributed by atoms with Gasteiger partial charge >= 0.3 is 0 Å². The summed E-state index contributed by atoms with van der Waals surface area (Å²) in [6.45, 7) is 3.27. The van der Waals surface area contributed by atoms with Crippen molar-refractivity contribution in [3.05, 3.63) is 35.6 Å². The lowest BCUT2D eigenvalue weighted by molar-refractivity contribution is 0.0461. The Bertz CT molecular complexity index is 705. The number of furan rings is 1. The van der Waals surface area contributed by atoms with Gasteiger partial charge in [-0.25, -0.2) is 0 Å². The van der Waals surface area contributed by atoms with E-state index in [9.17, 15) is 9.90 Å². The first-order valence-electron chi connectivity index (χ1n) is 7.08. The Balaban J connectivity index is 1.62. The molecule has 2 heterocycles. The average Bonchev–Trinajstić information content (AvgIpc) is 2.91. The minimum Gasteiger partial charge on any atom is -0.451 e. The highest BCUT2D eigenvalue weighted by Crippen LogP contribution is 2.49. The van der Waals surface area contributed by atoms with E-state index in [1.165, 1.54) is 0 Å². The molecule has 1 saturated heterocycles. The van der Waals surface area contributed by atoms with Gasteiger partial charge in [0.05, 0.1) is 5.60 Å². The topological polar surface area (TPSA) is 53.7 Å². The van der Waals surface area contributed by atoms with Crippen molar-refractivity contribution in [3.63, 3.8) is 0 Å². The number of hydrogen-bond acceptors (Lipinski definition) is 3. The first kappa shape index (κ1) is 12.0. The van der Waals surface area contributed by atoms with E-state index in [1.807, 2.05) is 31.2 Å². The van der Waals surface area contributed by atoms with Gasteiger partial charge in [-0.1, -0.05) is 12.1 Å². The number of benzene rings is 1. The van der Waals surface area contributed by atoms with Gasteiger partial charge in [0, 0.05) is 24.4 Å². The van der Waals surface area contributed by atoms with Crippen molar-refractivity contribution in [2.45, 2.75) is 25.4 Å². The van der Waals surface area contributed by atoms with Crippen molar-refractivity contribution in [3.8, 4) is 0 Å². The van der Waals surface area contributed by atoms with E-state index in [0.717, 1.165) is 23.0 Å². The van der Waals surface area contributed by atoms with Crippen molar-refractivity contribution in [1.82, 2.24) is 4.90 Å². The summed E-state index contributed by atoms with van der Waals surface area (Å²) in [4.78, 5) is 14.3. The van der Waals surface area contributed by atoms with E-state index in [0.29, 0.717) is 25.3 Å². The fraction of sp³-hybridized carbons (Fsp3) is 0.438. The van der Waals surface area contributed by atoms with Crippen LogP contribution in [0.15, 0.2) is 28.7 Å². The zero-order valence-electron chi connectivity index (χ0n) is 11.4. The predicted molar refractivity (Wildman–Crippen MR) is 74.5 cm³/mol. The van der Waals surface area contributed by atoms with Crippen LogP contribution in [0.5, 0.6) is 0 Å². The molecule has 0 radical (unpaired) electrons. The van der Waals surface area contributed by atoms with Gasteiger partial charge in [0.1, 0.15) is 5.58 Å². The summed E-state index contributed by atoms with van der Waals surface area (Å²) in [5.74, 6) is 0.598. The summed E-state index contributed by atoms with van der Waals surface area (Å²) in [6.07, 6.45) is 1.51. The van der Waals surface area contributed by atoms with Gasteiger partial charge in [0.25, 0.3) is 5.91 Å². The normalized spacial score (nSPS) is 28.5. The Morgan fingerprint density at radius 2 is 2.35 bits per heavy atom. The van der Waals surface area contributed by atoms with Gasteiger partial charge in [0.2, 0.25) is 0 Å². The third-order valence-electron chi connectivity index (χ3n) is 4.73. The van der Waals surface area contributed by atoms with Crippen LogP contribution in [-0.4, -0.2) is 34.6 Å². The van der Waals surface area contributed by atoms with Crippen LogP contribution in [0, 0.1) is 12.8 Å². The number of carbonyl (C=O) groups excluding carboxylic acids is 1. The molecule has 0 unspecified atom stereocenters. The van der Waals surface area contributed by atoms with Gasteiger partial charge in [-0.05, 0) is 37.5 Å². The molecule has 0 bridgehead atoms. The molecule has 2 fully saturated rings. The SMILES string of the molecule is Cc1cccc2oc(C(=O)N3CC[C@@]4(O)C[C@H]4C3)cc12. The Morgan fingerprint density at radius 3 is 3.10 bits per heavy atom. The standard InChI is InChI=1S/C16H17NO3/c1-10-3-2-4-13-12(10)7-14(20-13)15(18)17-6-5-16(19)8-11(16)9-17/h2-4,7,11,19H,5-6,8-9H2,1H3/t11-,16+/m0/s1. The number of amides is 1. The van der Waals surface area contributed by atoms with Crippen LogP contribution in [0.2, 0.25) is 0 Å². The van der Waals surface area contributed by atoms with Crippen LogP contribution in [-0.2, 0) is 0 Å². The monoisotopic (exact) mass is 271 g/mol. The van der Waals surface area contributed by atoms with Crippen molar-refractivity contribution < 1.29 is 14.3 Å². The Kier molecular flexibility index (Phi) is 2.31. The van der Waals surface area contributed by atoms with Crippen LogP contribution >= 0.6 is 0 Å². The fourth-order valence-corrected chi connectivity index (χ4v) is 3.25.